The van der Waals surface area contributed by atoms with E-state index in [0.717, 1.165) is 10.9 Å². The molecule has 1 spiro atoms. The van der Waals surface area contributed by atoms with E-state index in [1.165, 1.54) is 6.08 Å². The van der Waals surface area contributed by atoms with E-state index in [-0.39, 0.29) is 11.5 Å². The molecule has 2 fully saturated rings. The monoisotopic (exact) mass is 340 g/mol. The van der Waals surface area contributed by atoms with Crippen LogP contribution in [0.4, 0.5) is 0 Å². The van der Waals surface area contributed by atoms with Crippen molar-refractivity contribution in [2.45, 2.75) is 18.6 Å². The minimum absolute atomic E-state index is 0.0968. The van der Waals surface area contributed by atoms with Crippen LogP contribution < -0.4 is 5.56 Å². The van der Waals surface area contributed by atoms with Gasteiger partial charge in [0.1, 0.15) is 0 Å². The van der Waals surface area contributed by atoms with Gasteiger partial charge in [0.25, 0.3) is 5.56 Å². The van der Waals surface area contributed by atoms with Gasteiger partial charge in [0.2, 0.25) is 5.91 Å². The Bertz CT molecular complexity index is 870. The lowest BCUT2D eigenvalue weighted by molar-refractivity contribution is -0.186. The lowest BCUT2D eigenvalue weighted by Crippen LogP contribution is -2.46. The number of para-hydroxylation sites is 1. The van der Waals surface area contributed by atoms with Crippen molar-refractivity contribution in [3.8, 4) is 0 Å². The molecule has 0 bridgehead atoms. The van der Waals surface area contributed by atoms with Gasteiger partial charge in [0, 0.05) is 43.1 Å². The van der Waals surface area contributed by atoms with Crippen LogP contribution in [0.5, 0.6) is 0 Å². The standard InChI is InChI=1S/C19H20N2O4/c22-17(21-9-7-19(8-10-21)24-11-12-25-19)6-5-15-13-14-3-1-2-4-16(14)20-18(15)23/h1-6,13H,7-12H2,(H,20,23)/b6-5+. The van der Waals surface area contributed by atoms with Crippen molar-refractivity contribution in [3.63, 3.8) is 0 Å². The molecule has 3 heterocycles. The van der Waals surface area contributed by atoms with E-state index >= 15 is 0 Å². The number of carbonyl (C=O) groups is 1. The average molecular weight is 340 g/mol. The molecule has 0 unspecified atom stereocenters. The van der Waals surface area contributed by atoms with Crippen LogP contribution in [-0.4, -0.2) is 47.9 Å². The summed E-state index contributed by atoms with van der Waals surface area (Å²) in [5.74, 6) is -0.587. The topological polar surface area (TPSA) is 71.6 Å². The van der Waals surface area contributed by atoms with E-state index in [0.29, 0.717) is 44.7 Å². The van der Waals surface area contributed by atoms with Crippen LogP contribution in [0.15, 0.2) is 41.2 Å². The zero-order valence-corrected chi connectivity index (χ0v) is 13.9. The minimum atomic E-state index is -0.490. The first kappa shape index (κ1) is 16.1. The number of aromatic amines is 1. The maximum Gasteiger partial charge on any atom is 0.255 e. The average Bonchev–Trinajstić information content (AvgIpc) is 3.08. The molecular formula is C19H20N2O4. The smallest absolute Gasteiger partial charge is 0.255 e. The van der Waals surface area contributed by atoms with Crippen LogP contribution in [-0.2, 0) is 14.3 Å². The lowest BCUT2D eigenvalue weighted by atomic mass is 10.0. The molecule has 0 aliphatic carbocycles. The fraction of sp³-hybridized carbons (Fsp3) is 0.368. The van der Waals surface area contributed by atoms with Gasteiger partial charge in [-0.15, -0.1) is 0 Å². The van der Waals surface area contributed by atoms with Crippen molar-refractivity contribution in [3.05, 3.63) is 52.3 Å². The summed E-state index contributed by atoms with van der Waals surface area (Å²) in [5.41, 5.74) is 1.06. The third kappa shape index (κ3) is 3.23. The number of ether oxygens (including phenoxy) is 2. The van der Waals surface area contributed by atoms with Gasteiger partial charge < -0.3 is 19.4 Å². The van der Waals surface area contributed by atoms with Gasteiger partial charge in [0.15, 0.2) is 5.79 Å². The summed E-state index contributed by atoms with van der Waals surface area (Å²) in [6, 6.07) is 9.36. The summed E-state index contributed by atoms with van der Waals surface area (Å²) in [6.45, 7) is 2.44. The third-order valence-corrected chi connectivity index (χ3v) is 4.84. The van der Waals surface area contributed by atoms with Gasteiger partial charge in [-0.2, -0.15) is 0 Å². The molecule has 1 N–H and O–H groups in total. The normalized spacial score (nSPS) is 19.9. The molecule has 6 nitrogen and oxygen atoms in total. The molecule has 0 saturated carbocycles. The van der Waals surface area contributed by atoms with Gasteiger partial charge >= 0.3 is 0 Å². The summed E-state index contributed by atoms with van der Waals surface area (Å²) in [5, 5.41) is 0.935. The van der Waals surface area contributed by atoms with E-state index < -0.39 is 5.79 Å². The lowest BCUT2D eigenvalue weighted by Gasteiger charge is -2.37. The summed E-state index contributed by atoms with van der Waals surface area (Å²) in [7, 11) is 0. The van der Waals surface area contributed by atoms with E-state index in [1.807, 2.05) is 24.3 Å². The van der Waals surface area contributed by atoms with E-state index in [1.54, 1.807) is 17.0 Å². The summed E-state index contributed by atoms with van der Waals surface area (Å²) in [4.78, 5) is 29.1. The second-order valence-corrected chi connectivity index (χ2v) is 6.41. The molecule has 1 amide bonds. The Labute approximate surface area is 145 Å². The molecule has 0 radical (unpaired) electrons. The molecule has 2 saturated heterocycles. The third-order valence-electron chi connectivity index (χ3n) is 4.84. The molecule has 6 heteroatoms. The second-order valence-electron chi connectivity index (χ2n) is 6.41. The number of pyridine rings is 1. The molecule has 2 aliphatic rings. The maximum atomic E-state index is 12.4. The summed E-state index contributed by atoms with van der Waals surface area (Å²) >= 11 is 0. The molecular weight excluding hydrogens is 320 g/mol. The highest BCUT2D eigenvalue weighted by Gasteiger charge is 2.40. The minimum Gasteiger partial charge on any atom is -0.347 e. The maximum absolute atomic E-state index is 12.4. The first-order chi connectivity index (χ1) is 12.2. The number of benzene rings is 1. The number of piperidine rings is 1. The zero-order valence-electron chi connectivity index (χ0n) is 13.9. The number of likely N-dealkylation sites (tertiary alicyclic amines) is 1. The summed E-state index contributed by atoms with van der Waals surface area (Å²) in [6.07, 6.45) is 4.42. The van der Waals surface area contributed by atoms with Gasteiger partial charge in [-0.25, -0.2) is 0 Å². The molecule has 130 valence electrons. The predicted molar refractivity (Wildman–Crippen MR) is 94.1 cm³/mol. The van der Waals surface area contributed by atoms with Crippen molar-refractivity contribution in [2.24, 2.45) is 0 Å². The number of carbonyl (C=O) groups excluding carboxylic acids is 1. The fourth-order valence-corrected chi connectivity index (χ4v) is 3.41. The van der Waals surface area contributed by atoms with Crippen LogP contribution in [0.2, 0.25) is 0 Å². The quantitative estimate of drug-likeness (QED) is 0.848. The Morgan fingerprint density at radius 1 is 1.16 bits per heavy atom. The molecule has 4 rings (SSSR count). The van der Waals surface area contributed by atoms with Crippen LogP contribution in [0, 0.1) is 0 Å². The highest BCUT2D eigenvalue weighted by Crippen LogP contribution is 2.31. The molecule has 1 aromatic carbocycles. The number of amides is 1. The number of nitrogens with zero attached hydrogens (tertiary/aromatic N) is 1. The van der Waals surface area contributed by atoms with Crippen LogP contribution >= 0.6 is 0 Å². The highest BCUT2D eigenvalue weighted by atomic mass is 16.7. The van der Waals surface area contributed by atoms with E-state index in [9.17, 15) is 9.59 Å². The van der Waals surface area contributed by atoms with Crippen LogP contribution in [0.25, 0.3) is 17.0 Å². The molecule has 25 heavy (non-hydrogen) atoms. The molecule has 0 atom stereocenters. The number of H-pyrrole nitrogens is 1. The summed E-state index contributed by atoms with van der Waals surface area (Å²) < 4.78 is 11.3. The largest absolute Gasteiger partial charge is 0.347 e. The Morgan fingerprint density at radius 2 is 1.88 bits per heavy atom. The van der Waals surface area contributed by atoms with Crippen molar-refractivity contribution in [1.29, 1.82) is 0 Å². The Kier molecular flexibility index (Phi) is 4.15. The Hall–Kier alpha value is -2.44. The van der Waals surface area contributed by atoms with Crippen molar-refractivity contribution in [2.75, 3.05) is 26.3 Å². The van der Waals surface area contributed by atoms with Gasteiger partial charge in [-0.1, -0.05) is 18.2 Å². The first-order valence-corrected chi connectivity index (χ1v) is 8.52. The van der Waals surface area contributed by atoms with Crippen LogP contribution in [0.3, 0.4) is 0 Å². The predicted octanol–water partition coefficient (Wildman–Crippen LogP) is 1.91. The van der Waals surface area contributed by atoms with Crippen molar-refractivity contribution >= 4 is 22.9 Å². The molecule has 2 aliphatic heterocycles. The zero-order chi connectivity index (χ0) is 17.3. The SMILES string of the molecule is O=C(/C=C/c1cc2ccccc2[nH]c1=O)N1CCC2(CC1)OCCO2. The number of fused-ring (bicyclic) bond motifs is 1. The van der Waals surface area contributed by atoms with Crippen molar-refractivity contribution < 1.29 is 14.3 Å². The van der Waals surface area contributed by atoms with Gasteiger partial charge in [-0.3, -0.25) is 9.59 Å². The van der Waals surface area contributed by atoms with Crippen LogP contribution in [0.1, 0.15) is 18.4 Å². The van der Waals surface area contributed by atoms with Gasteiger partial charge in [-0.05, 0) is 23.6 Å². The highest BCUT2D eigenvalue weighted by molar-refractivity contribution is 5.92. The molecule has 2 aromatic rings. The fourth-order valence-electron chi connectivity index (χ4n) is 3.41. The number of hydrogen-bond donors (Lipinski definition) is 1. The number of hydrogen-bond acceptors (Lipinski definition) is 4. The van der Waals surface area contributed by atoms with Crippen molar-refractivity contribution in [1.82, 2.24) is 9.88 Å². The number of nitrogens with one attached hydrogen (secondary N) is 1. The number of rotatable bonds is 2. The second kappa shape index (κ2) is 6.46. The van der Waals surface area contributed by atoms with Gasteiger partial charge in [0.05, 0.1) is 13.2 Å². The first-order valence-electron chi connectivity index (χ1n) is 8.52. The number of aromatic nitrogens is 1. The Balaban J connectivity index is 1.46. The Morgan fingerprint density at radius 3 is 2.64 bits per heavy atom. The molecule has 1 aromatic heterocycles. The van der Waals surface area contributed by atoms with E-state index in [4.69, 9.17) is 9.47 Å². The van der Waals surface area contributed by atoms with E-state index in [2.05, 4.69) is 4.98 Å².